The maximum atomic E-state index is 14.2. The fourth-order valence-corrected chi connectivity index (χ4v) is 5.02. The zero-order valence-corrected chi connectivity index (χ0v) is 21.9. The molecule has 11 heteroatoms. The number of methoxy groups -OCH3 is 1. The van der Waals surface area contributed by atoms with Crippen molar-refractivity contribution < 1.29 is 23.0 Å². The van der Waals surface area contributed by atoms with Gasteiger partial charge in [-0.15, -0.1) is 11.3 Å². The van der Waals surface area contributed by atoms with Crippen LogP contribution in [0.25, 0.3) is 10.6 Å². The van der Waals surface area contributed by atoms with Crippen molar-refractivity contribution in [1.82, 2.24) is 14.6 Å². The van der Waals surface area contributed by atoms with E-state index in [4.69, 9.17) is 9.47 Å². The third-order valence-electron chi connectivity index (χ3n) is 6.11. The molecule has 3 aromatic rings. The second-order valence-electron chi connectivity index (χ2n) is 8.67. The Morgan fingerprint density at radius 2 is 1.97 bits per heavy atom. The maximum absolute atomic E-state index is 14.2. The second-order valence-corrected chi connectivity index (χ2v) is 9.78. The lowest BCUT2D eigenvalue weighted by Crippen LogP contribution is -2.55. The molecule has 0 fully saturated rings. The Labute approximate surface area is 218 Å². The van der Waals surface area contributed by atoms with Crippen LogP contribution < -0.4 is 15.2 Å². The molecular weight excluding hydrogens is 502 g/mol. The molecule has 1 aliphatic heterocycles. The van der Waals surface area contributed by atoms with Crippen LogP contribution in [0.4, 0.5) is 8.78 Å². The van der Waals surface area contributed by atoms with Crippen molar-refractivity contribution in [2.45, 2.75) is 33.1 Å². The highest BCUT2D eigenvalue weighted by atomic mass is 32.1. The van der Waals surface area contributed by atoms with Crippen molar-refractivity contribution in [1.29, 1.82) is 0 Å². The first-order chi connectivity index (χ1) is 17.9. The summed E-state index contributed by atoms with van der Waals surface area (Å²) >= 11 is 1.25. The Bertz CT molecular complexity index is 1330. The molecule has 1 amide bonds. The van der Waals surface area contributed by atoms with Crippen LogP contribution >= 0.6 is 11.3 Å². The minimum atomic E-state index is -0.639. The molecule has 0 saturated carbocycles. The third kappa shape index (κ3) is 5.67. The number of aromatic nitrogens is 2. The topological polar surface area (TPSA) is 76.9 Å². The van der Waals surface area contributed by atoms with E-state index >= 15 is 0 Å². The number of carbonyl (C=O) groups is 1. The average Bonchev–Trinajstić information content (AvgIpc) is 3.34. The zero-order valence-electron chi connectivity index (χ0n) is 21.1. The minimum absolute atomic E-state index is 0.00199. The lowest BCUT2D eigenvalue weighted by atomic mass is 10.1. The smallest absolute Gasteiger partial charge is 0.277 e. The molecule has 2 aromatic heterocycles. The molecule has 4 rings (SSSR count). The molecule has 198 valence electrons. The molecule has 3 heterocycles. The van der Waals surface area contributed by atoms with Crippen molar-refractivity contribution >= 4 is 17.2 Å². The number of amides is 1. The molecule has 1 aromatic carbocycles. The van der Waals surface area contributed by atoms with Gasteiger partial charge in [0.1, 0.15) is 23.3 Å². The summed E-state index contributed by atoms with van der Waals surface area (Å²) in [5.41, 5.74) is 0.386. The number of thiazole rings is 1. The normalized spacial score (nSPS) is 13.3. The van der Waals surface area contributed by atoms with Crippen LogP contribution in [0.1, 0.15) is 47.6 Å². The first-order valence-corrected chi connectivity index (χ1v) is 13.0. The summed E-state index contributed by atoms with van der Waals surface area (Å²) in [7, 11) is 1.57. The van der Waals surface area contributed by atoms with E-state index in [2.05, 4.69) is 4.98 Å². The molecule has 37 heavy (non-hydrogen) atoms. The first kappa shape index (κ1) is 26.7. The number of benzene rings is 1. The van der Waals surface area contributed by atoms with E-state index in [0.717, 1.165) is 18.9 Å². The molecule has 0 atom stereocenters. The van der Waals surface area contributed by atoms with Gasteiger partial charge in [0.2, 0.25) is 5.43 Å². The average molecular weight is 533 g/mol. The van der Waals surface area contributed by atoms with Crippen molar-refractivity contribution in [2.75, 3.05) is 45.1 Å². The van der Waals surface area contributed by atoms with Gasteiger partial charge in [0, 0.05) is 50.0 Å². The van der Waals surface area contributed by atoms with Crippen molar-refractivity contribution in [2.24, 2.45) is 0 Å². The number of ether oxygens (including phenoxy) is 2. The molecule has 0 radical (unpaired) electrons. The Balaban J connectivity index is 1.76. The minimum Gasteiger partial charge on any atom is -0.487 e. The maximum Gasteiger partial charge on any atom is 0.277 e. The monoisotopic (exact) mass is 532 g/mol. The van der Waals surface area contributed by atoms with Gasteiger partial charge in [-0.25, -0.2) is 13.8 Å². The van der Waals surface area contributed by atoms with Gasteiger partial charge in [-0.05, 0) is 25.0 Å². The highest BCUT2D eigenvalue weighted by Gasteiger charge is 2.34. The number of nitrogens with zero attached hydrogens (tertiary/aromatic N) is 4. The van der Waals surface area contributed by atoms with E-state index in [-0.39, 0.29) is 23.8 Å². The van der Waals surface area contributed by atoms with Crippen LogP contribution in [0.2, 0.25) is 0 Å². The fourth-order valence-electron chi connectivity index (χ4n) is 4.07. The predicted molar refractivity (Wildman–Crippen MR) is 138 cm³/mol. The number of unbranched alkanes of at least 4 members (excludes halogenated alkanes) is 1. The highest BCUT2D eigenvalue weighted by Crippen LogP contribution is 2.30. The number of hydrogen-bond acceptors (Lipinski definition) is 7. The highest BCUT2D eigenvalue weighted by molar-refractivity contribution is 7.15. The molecule has 0 N–H and O–H groups in total. The Morgan fingerprint density at radius 1 is 1.16 bits per heavy atom. The number of halogens is 2. The van der Waals surface area contributed by atoms with Gasteiger partial charge in [-0.3, -0.25) is 19.3 Å². The fraction of sp³-hybridized carbons (Fsp3) is 0.423. The molecule has 0 bridgehead atoms. The lowest BCUT2D eigenvalue weighted by Gasteiger charge is -2.39. The molecule has 1 aliphatic rings. The number of carbonyl (C=O) groups excluding carboxylic acids is 1. The van der Waals surface area contributed by atoms with E-state index in [1.807, 2.05) is 18.9 Å². The van der Waals surface area contributed by atoms with E-state index < -0.39 is 17.1 Å². The van der Waals surface area contributed by atoms with E-state index in [9.17, 15) is 18.4 Å². The number of hydrogen-bond donors (Lipinski definition) is 0. The SMILES string of the molecule is CCCCOc1c2n(cc(-c3ncc(Cc4ccc(F)cc4F)s3)c1=O)N(CC)CN(CCOC)C2=O. The Hall–Kier alpha value is -3.31. The molecule has 0 saturated heterocycles. The molecule has 0 aliphatic carbocycles. The van der Waals surface area contributed by atoms with Gasteiger partial charge in [0.15, 0.2) is 11.4 Å². The Kier molecular flexibility index (Phi) is 8.55. The van der Waals surface area contributed by atoms with E-state index in [0.29, 0.717) is 54.0 Å². The summed E-state index contributed by atoms with van der Waals surface area (Å²) in [5.74, 6) is -1.58. The van der Waals surface area contributed by atoms with Crippen LogP contribution in [-0.4, -0.2) is 60.5 Å². The van der Waals surface area contributed by atoms with Gasteiger partial charge in [-0.2, -0.15) is 0 Å². The summed E-state index contributed by atoms with van der Waals surface area (Å²) in [5, 5.41) is 2.37. The van der Waals surface area contributed by atoms with Gasteiger partial charge in [0.05, 0.1) is 18.8 Å². The largest absolute Gasteiger partial charge is 0.487 e. The zero-order chi connectivity index (χ0) is 26.5. The summed E-state index contributed by atoms with van der Waals surface area (Å²) in [6, 6.07) is 3.46. The summed E-state index contributed by atoms with van der Waals surface area (Å²) in [4.78, 5) is 33.9. The lowest BCUT2D eigenvalue weighted by molar-refractivity contribution is 0.0622. The number of rotatable bonds is 11. The van der Waals surface area contributed by atoms with Crippen LogP contribution in [-0.2, 0) is 11.2 Å². The summed E-state index contributed by atoms with van der Waals surface area (Å²) in [6.07, 6.45) is 5.02. The van der Waals surface area contributed by atoms with Crippen LogP contribution in [0.3, 0.4) is 0 Å². The number of pyridine rings is 1. The molecular formula is C26H30F2N4O4S. The molecule has 0 spiro atoms. The third-order valence-corrected chi connectivity index (χ3v) is 7.14. The van der Waals surface area contributed by atoms with Crippen LogP contribution in [0.15, 0.2) is 35.4 Å². The second kappa shape index (κ2) is 11.8. The molecule has 8 nitrogen and oxygen atoms in total. The van der Waals surface area contributed by atoms with Gasteiger partial charge in [0.25, 0.3) is 5.91 Å². The summed E-state index contributed by atoms with van der Waals surface area (Å²) in [6.45, 7) is 5.93. The standard InChI is InChI=1S/C26H30F2N4O4S/c1-4-6-10-36-24-22-26(34)30(9-11-35-3)16-31(5-2)32(22)15-20(23(24)33)25-29-14-19(37-25)12-17-7-8-18(27)13-21(17)28/h7-8,13-15H,4-6,9-12,16H2,1-3H3. The van der Waals surface area contributed by atoms with Gasteiger partial charge in [-0.1, -0.05) is 19.4 Å². The van der Waals surface area contributed by atoms with Crippen molar-refractivity contribution in [3.8, 4) is 16.3 Å². The van der Waals surface area contributed by atoms with E-state index in [1.165, 1.54) is 23.5 Å². The van der Waals surface area contributed by atoms with Gasteiger partial charge < -0.3 is 14.4 Å². The van der Waals surface area contributed by atoms with Crippen molar-refractivity contribution in [3.05, 3.63) is 68.6 Å². The quantitative estimate of drug-likeness (QED) is 0.347. The first-order valence-electron chi connectivity index (χ1n) is 12.2. The number of fused-ring (bicyclic) bond motifs is 1. The van der Waals surface area contributed by atoms with Crippen LogP contribution in [0, 0.1) is 11.6 Å². The van der Waals surface area contributed by atoms with Gasteiger partial charge >= 0.3 is 0 Å². The molecule has 0 unspecified atom stereocenters. The predicted octanol–water partition coefficient (Wildman–Crippen LogP) is 4.04. The van der Waals surface area contributed by atoms with Crippen LogP contribution in [0.5, 0.6) is 5.75 Å². The van der Waals surface area contributed by atoms with Crippen molar-refractivity contribution in [3.63, 3.8) is 0 Å². The van der Waals surface area contributed by atoms with E-state index in [1.54, 1.807) is 29.1 Å². The summed E-state index contributed by atoms with van der Waals surface area (Å²) < 4.78 is 40.2. The Morgan fingerprint density at radius 3 is 2.68 bits per heavy atom.